The minimum atomic E-state index is 0.662. The van der Waals surface area contributed by atoms with E-state index >= 15 is 0 Å². The molecule has 1 aliphatic carbocycles. The molecule has 33 heavy (non-hydrogen) atoms. The maximum absolute atomic E-state index is 5.94. The molecule has 6 rings (SSSR count). The van der Waals surface area contributed by atoms with Crippen molar-refractivity contribution in [3.63, 3.8) is 0 Å². The number of imidazole rings is 1. The van der Waals surface area contributed by atoms with Crippen LogP contribution in [0.3, 0.4) is 0 Å². The second kappa shape index (κ2) is 8.34. The summed E-state index contributed by atoms with van der Waals surface area (Å²) >= 11 is 0. The lowest BCUT2D eigenvalue weighted by Crippen LogP contribution is -2.42. The van der Waals surface area contributed by atoms with Crippen molar-refractivity contribution in [3.8, 4) is 11.6 Å². The molecule has 2 aliphatic rings. The van der Waals surface area contributed by atoms with Gasteiger partial charge < -0.3 is 14.5 Å². The van der Waals surface area contributed by atoms with Crippen LogP contribution in [0, 0.1) is 5.92 Å². The van der Waals surface area contributed by atoms with Gasteiger partial charge in [-0.15, -0.1) is 0 Å². The third-order valence-corrected chi connectivity index (χ3v) is 7.17. The van der Waals surface area contributed by atoms with Gasteiger partial charge in [0, 0.05) is 30.6 Å². The Hall–Kier alpha value is -3.12. The molecule has 170 valence electrons. The van der Waals surface area contributed by atoms with Crippen LogP contribution in [0.1, 0.15) is 25.7 Å². The largest absolute Gasteiger partial charge is 0.493 e. The van der Waals surface area contributed by atoms with Gasteiger partial charge >= 0.3 is 0 Å². The van der Waals surface area contributed by atoms with Crippen LogP contribution in [0.2, 0.25) is 0 Å². The van der Waals surface area contributed by atoms with Gasteiger partial charge in [0.05, 0.1) is 28.8 Å². The van der Waals surface area contributed by atoms with Gasteiger partial charge in [-0.05, 0) is 76.0 Å². The molecule has 4 aromatic rings. The highest BCUT2D eigenvalue weighted by Crippen LogP contribution is 2.32. The Labute approximate surface area is 194 Å². The van der Waals surface area contributed by atoms with E-state index in [4.69, 9.17) is 9.72 Å². The predicted molar refractivity (Wildman–Crippen MR) is 134 cm³/mol. The lowest BCUT2D eigenvalue weighted by atomic mass is 10.0. The SMILES string of the molecule is CN(C)C1CCN(c2cccc3ccc(-n4cnc5cc(OCC6CC6)ccc54)nc23)CC1. The summed E-state index contributed by atoms with van der Waals surface area (Å²) in [5.74, 6) is 2.53. The Morgan fingerprint density at radius 3 is 2.64 bits per heavy atom. The molecule has 2 fully saturated rings. The number of nitrogens with zero attached hydrogens (tertiary/aromatic N) is 5. The average Bonchev–Trinajstić information content (AvgIpc) is 3.59. The fraction of sp³-hybridized carbons (Fsp3) is 0.407. The number of aromatic nitrogens is 3. The average molecular weight is 442 g/mol. The molecule has 3 heterocycles. The summed E-state index contributed by atoms with van der Waals surface area (Å²) in [5.41, 5.74) is 4.27. The second-order valence-corrected chi connectivity index (χ2v) is 9.72. The Bertz CT molecular complexity index is 1280. The Morgan fingerprint density at radius 2 is 1.85 bits per heavy atom. The van der Waals surface area contributed by atoms with Crippen LogP contribution in [0.15, 0.2) is 54.9 Å². The Morgan fingerprint density at radius 1 is 1.00 bits per heavy atom. The molecule has 0 N–H and O–H groups in total. The van der Waals surface area contributed by atoms with E-state index in [9.17, 15) is 0 Å². The maximum atomic E-state index is 5.94. The topological polar surface area (TPSA) is 46.4 Å². The van der Waals surface area contributed by atoms with Crippen molar-refractivity contribution in [1.82, 2.24) is 19.4 Å². The van der Waals surface area contributed by atoms with Crippen LogP contribution >= 0.6 is 0 Å². The highest BCUT2D eigenvalue weighted by Gasteiger charge is 2.23. The number of para-hydroxylation sites is 1. The molecular formula is C27H31N5O. The van der Waals surface area contributed by atoms with Gasteiger partial charge in [0.2, 0.25) is 0 Å². The Balaban J connectivity index is 1.31. The molecule has 0 spiro atoms. The quantitative estimate of drug-likeness (QED) is 0.426. The highest BCUT2D eigenvalue weighted by atomic mass is 16.5. The molecular weight excluding hydrogens is 410 g/mol. The first-order valence-electron chi connectivity index (χ1n) is 12.1. The first-order valence-corrected chi connectivity index (χ1v) is 12.1. The van der Waals surface area contributed by atoms with Crippen LogP contribution in [0.5, 0.6) is 5.75 Å². The molecule has 0 unspecified atom stereocenters. The van der Waals surface area contributed by atoms with E-state index in [-0.39, 0.29) is 0 Å². The zero-order chi connectivity index (χ0) is 22.4. The molecule has 0 radical (unpaired) electrons. The zero-order valence-electron chi connectivity index (χ0n) is 19.4. The lowest BCUT2D eigenvalue weighted by Gasteiger charge is -2.36. The van der Waals surface area contributed by atoms with Crippen molar-refractivity contribution in [1.29, 1.82) is 0 Å². The van der Waals surface area contributed by atoms with Gasteiger partial charge in [-0.3, -0.25) is 4.57 Å². The van der Waals surface area contributed by atoms with E-state index in [1.807, 2.05) is 18.5 Å². The summed E-state index contributed by atoms with van der Waals surface area (Å²) in [6, 6.07) is 17.6. The van der Waals surface area contributed by atoms with Gasteiger partial charge in [-0.1, -0.05) is 12.1 Å². The van der Waals surface area contributed by atoms with Crippen molar-refractivity contribution < 1.29 is 4.74 Å². The van der Waals surface area contributed by atoms with Crippen molar-refractivity contribution in [3.05, 3.63) is 54.9 Å². The molecule has 1 aliphatic heterocycles. The summed E-state index contributed by atoms with van der Waals surface area (Å²) in [5, 5.41) is 1.17. The van der Waals surface area contributed by atoms with Crippen molar-refractivity contribution in [2.24, 2.45) is 5.92 Å². The summed E-state index contributed by atoms with van der Waals surface area (Å²) in [6.07, 6.45) is 6.82. The van der Waals surface area contributed by atoms with Gasteiger partial charge in [0.1, 0.15) is 17.9 Å². The predicted octanol–water partition coefficient (Wildman–Crippen LogP) is 4.89. The summed E-state index contributed by atoms with van der Waals surface area (Å²) in [7, 11) is 4.37. The first kappa shape index (κ1) is 20.5. The van der Waals surface area contributed by atoms with Crippen molar-refractivity contribution in [2.75, 3.05) is 38.7 Å². The van der Waals surface area contributed by atoms with E-state index in [1.54, 1.807) is 0 Å². The molecule has 1 saturated carbocycles. The van der Waals surface area contributed by atoms with E-state index in [1.165, 1.54) is 36.8 Å². The van der Waals surface area contributed by atoms with Crippen LogP contribution in [0.4, 0.5) is 5.69 Å². The standard InChI is InChI=1S/C27H31N5O/c1-30(2)21-12-14-31(15-13-21)25-5-3-4-20-8-11-26(29-27(20)25)32-18-28-23-16-22(9-10-24(23)32)33-17-19-6-7-19/h3-5,8-11,16,18-19,21H,6-7,12-15,17H2,1-2H3. The van der Waals surface area contributed by atoms with E-state index in [2.05, 4.69) is 69.8 Å². The van der Waals surface area contributed by atoms with Gasteiger partial charge in [0.25, 0.3) is 0 Å². The van der Waals surface area contributed by atoms with Crippen LogP contribution in [-0.4, -0.2) is 59.3 Å². The van der Waals surface area contributed by atoms with Gasteiger partial charge in [-0.2, -0.15) is 0 Å². The minimum Gasteiger partial charge on any atom is -0.493 e. The molecule has 0 bridgehead atoms. The Kier molecular flexibility index (Phi) is 5.18. The van der Waals surface area contributed by atoms with Crippen LogP contribution < -0.4 is 9.64 Å². The molecule has 6 heteroatoms. The molecule has 6 nitrogen and oxygen atoms in total. The molecule has 2 aromatic heterocycles. The number of pyridine rings is 1. The van der Waals surface area contributed by atoms with Crippen LogP contribution in [-0.2, 0) is 0 Å². The fourth-order valence-corrected chi connectivity index (χ4v) is 4.90. The number of ether oxygens (including phenoxy) is 1. The first-order chi connectivity index (χ1) is 16.2. The summed E-state index contributed by atoms with van der Waals surface area (Å²) < 4.78 is 8.02. The molecule has 1 saturated heterocycles. The van der Waals surface area contributed by atoms with Gasteiger partial charge in [-0.25, -0.2) is 9.97 Å². The smallest absolute Gasteiger partial charge is 0.139 e. The van der Waals surface area contributed by atoms with E-state index < -0.39 is 0 Å². The van der Waals surface area contributed by atoms with Crippen LogP contribution in [0.25, 0.3) is 27.8 Å². The fourth-order valence-electron chi connectivity index (χ4n) is 4.90. The monoisotopic (exact) mass is 441 g/mol. The van der Waals surface area contributed by atoms with Crippen molar-refractivity contribution >= 4 is 27.6 Å². The third-order valence-electron chi connectivity index (χ3n) is 7.17. The lowest BCUT2D eigenvalue weighted by molar-refractivity contribution is 0.250. The number of benzene rings is 2. The van der Waals surface area contributed by atoms with Gasteiger partial charge in [0.15, 0.2) is 0 Å². The van der Waals surface area contributed by atoms with E-state index in [0.717, 1.165) is 53.7 Å². The number of hydrogen-bond acceptors (Lipinski definition) is 5. The number of piperidine rings is 1. The molecule has 0 amide bonds. The summed E-state index contributed by atoms with van der Waals surface area (Å²) in [6.45, 7) is 2.93. The number of fused-ring (bicyclic) bond motifs is 2. The highest BCUT2D eigenvalue weighted by molar-refractivity contribution is 5.92. The maximum Gasteiger partial charge on any atom is 0.139 e. The molecule has 2 aromatic carbocycles. The third kappa shape index (κ3) is 4.04. The number of anilines is 1. The summed E-state index contributed by atoms with van der Waals surface area (Å²) in [4.78, 5) is 14.6. The zero-order valence-corrected chi connectivity index (χ0v) is 19.4. The minimum absolute atomic E-state index is 0.662. The second-order valence-electron chi connectivity index (χ2n) is 9.72. The van der Waals surface area contributed by atoms with E-state index in [0.29, 0.717) is 6.04 Å². The molecule has 0 atom stereocenters. The normalized spacial score (nSPS) is 17.4. The van der Waals surface area contributed by atoms with Crippen molar-refractivity contribution in [2.45, 2.75) is 31.7 Å². The number of rotatable bonds is 6. The number of hydrogen-bond donors (Lipinski definition) is 0.